The van der Waals surface area contributed by atoms with Crippen molar-refractivity contribution in [3.8, 4) is 5.75 Å². The minimum absolute atomic E-state index is 0.0688. The summed E-state index contributed by atoms with van der Waals surface area (Å²) in [6.07, 6.45) is 0. The summed E-state index contributed by atoms with van der Waals surface area (Å²) in [4.78, 5) is 29.8. The molecule has 25 heavy (non-hydrogen) atoms. The summed E-state index contributed by atoms with van der Waals surface area (Å²) >= 11 is 0. The van der Waals surface area contributed by atoms with Crippen LogP contribution in [0, 0.1) is 5.82 Å². The lowest BCUT2D eigenvalue weighted by molar-refractivity contribution is -0.136. The van der Waals surface area contributed by atoms with Gasteiger partial charge in [0.05, 0.1) is 6.54 Å². The lowest BCUT2D eigenvalue weighted by Gasteiger charge is -2.35. The van der Waals surface area contributed by atoms with Gasteiger partial charge < -0.3 is 14.5 Å². The predicted octanol–water partition coefficient (Wildman–Crippen LogP) is 1.22. The number of likely N-dealkylation sites (N-methyl/N-ethyl adjacent to an activating group) is 1. The van der Waals surface area contributed by atoms with E-state index in [1.807, 2.05) is 13.8 Å². The molecule has 7 heteroatoms. The molecule has 2 rings (SSSR count). The van der Waals surface area contributed by atoms with Gasteiger partial charge in [0, 0.05) is 39.3 Å². The van der Waals surface area contributed by atoms with Gasteiger partial charge in [-0.25, -0.2) is 4.39 Å². The quantitative estimate of drug-likeness (QED) is 0.773. The summed E-state index contributed by atoms with van der Waals surface area (Å²) in [5.74, 6) is 0.118. The fraction of sp³-hybridized carbons (Fsp3) is 0.556. The molecule has 0 atom stereocenters. The van der Waals surface area contributed by atoms with Gasteiger partial charge in [-0.15, -0.1) is 0 Å². The molecule has 0 aromatic heterocycles. The Bertz CT molecular complexity index is 584. The van der Waals surface area contributed by atoms with Crippen LogP contribution < -0.4 is 4.74 Å². The molecule has 0 saturated carbocycles. The van der Waals surface area contributed by atoms with E-state index in [0.29, 0.717) is 38.5 Å². The van der Waals surface area contributed by atoms with Crippen molar-refractivity contribution in [3.05, 3.63) is 30.1 Å². The fourth-order valence-corrected chi connectivity index (χ4v) is 2.51. The molecule has 0 spiro atoms. The van der Waals surface area contributed by atoms with Gasteiger partial charge in [-0.2, -0.15) is 0 Å². The molecule has 0 unspecified atom stereocenters. The topological polar surface area (TPSA) is 53.1 Å². The van der Waals surface area contributed by atoms with Crippen LogP contribution in [0.4, 0.5) is 4.39 Å². The number of benzene rings is 1. The monoisotopic (exact) mass is 351 g/mol. The Morgan fingerprint density at radius 3 is 2.32 bits per heavy atom. The van der Waals surface area contributed by atoms with Gasteiger partial charge in [0.1, 0.15) is 11.6 Å². The zero-order valence-corrected chi connectivity index (χ0v) is 15.1. The normalized spacial score (nSPS) is 15.3. The summed E-state index contributed by atoms with van der Waals surface area (Å²) in [6.45, 7) is 6.75. The first-order chi connectivity index (χ1) is 11.9. The Morgan fingerprint density at radius 2 is 1.76 bits per heavy atom. The zero-order chi connectivity index (χ0) is 18.4. The number of nitrogens with zero attached hydrogens (tertiary/aromatic N) is 3. The van der Waals surface area contributed by atoms with Crippen molar-refractivity contribution >= 4 is 11.8 Å². The van der Waals surface area contributed by atoms with Crippen LogP contribution in [-0.2, 0) is 9.59 Å². The molecule has 1 fully saturated rings. The van der Waals surface area contributed by atoms with Crippen molar-refractivity contribution in [3.63, 3.8) is 0 Å². The van der Waals surface area contributed by atoms with Gasteiger partial charge >= 0.3 is 0 Å². The Morgan fingerprint density at radius 1 is 1.16 bits per heavy atom. The third kappa shape index (κ3) is 5.70. The lowest BCUT2D eigenvalue weighted by atomic mass is 10.3. The van der Waals surface area contributed by atoms with Crippen LogP contribution in [0.5, 0.6) is 5.75 Å². The third-order valence-corrected chi connectivity index (χ3v) is 4.43. The number of carbonyl (C=O) groups excluding carboxylic acids is 2. The van der Waals surface area contributed by atoms with Gasteiger partial charge in [0.15, 0.2) is 6.61 Å². The maximum absolute atomic E-state index is 12.8. The zero-order valence-electron chi connectivity index (χ0n) is 15.1. The number of amides is 2. The first kappa shape index (κ1) is 19.2. The van der Waals surface area contributed by atoms with E-state index < -0.39 is 0 Å². The summed E-state index contributed by atoms with van der Waals surface area (Å²) < 4.78 is 18.2. The van der Waals surface area contributed by atoms with Gasteiger partial charge in [0.2, 0.25) is 5.91 Å². The highest BCUT2D eigenvalue weighted by atomic mass is 19.1. The molecule has 1 aliphatic rings. The second-order valence-electron chi connectivity index (χ2n) is 6.50. The smallest absolute Gasteiger partial charge is 0.260 e. The van der Waals surface area contributed by atoms with Crippen LogP contribution in [0.3, 0.4) is 0 Å². The van der Waals surface area contributed by atoms with Crippen LogP contribution in [-0.4, -0.2) is 78.9 Å². The number of hydrogen-bond acceptors (Lipinski definition) is 4. The molecule has 1 heterocycles. The number of rotatable bonds is 6. The summed E-state index contributed by atoms with van der Waals surface area (Å²) in [5.41, 5.74) is 0. The molecule has 0 aliphatic carbocycles. The van der Waals surface area contributed by atoms with E-state index in [0.717, 1.165) is 0 Å². The molecule has 2 amide bonds. The Kier molecular flexibility index (Phi) is 6.75. The van der Waals surface area contributed by atoms with Crippen molar-refractivity contribution in [2.24, 2.45) is 0 Å². The van der Waals surface area contributed by atoms with Crippen molar-refractivity contribution in [2.45, 2.75) is 19.9 Å². The molecule has 1 aromatic rings. The molecule has 1 aromatic carbocycles. The molecule has 1 saturated heterocycles. The van der Waals surface area contributed by atoms with E-state index in [-0.39, 0.29) is 30.3 Å². The summed E-state index contributed by atoms with van der Waals surface area (Å²) in [7, 11) is 1.81. The molecule has 6 nitrogen and oxygen atoms in total. The predicted molar refractivity (Wildman–Crippen MR) is 92.8 cm³/mol. The molecule has 0 radical (unpaired) electrons. The highest BCUT2D eigenvalue weighted by molar-refractivity contribution is 5.79. The minimum atomic E-state index is -0.340. The van der Waals surface area contributed by atoms with Crippen molar-refractivity contribution < 1.29 is 18.7 Å². The summed E-state index contributed by atoms with van der Waals surface area (Å²) in [5, 5.41) is 0. The van der Waals surface area contributed by atoms with Gasteiger partial charge in [-0.05, 0) is 38.1 Å². The van der Waals surface area contributed by atoms with Crippen LogP contribution in [0.1, 0.15) is 13.8 Å². The molecule has 0 bridgehead atoms. The van der Waals surface area contributed by atoms with E-state index in [1.54, 1.807) is 16.8 Å². The number of piperazine rings is 1. The number of halogens is 1. The molecular weight excluding hydrogens is 325 g/mol. The second kappa shape index (κ2) is 8.80. The average molecular weight is 351 g/mol. The van der Waals surface area contributed by atoms with Crippen molar-refractivity contribution in [2.75, 3.05) is 46.4 Å². The number of hydrogen-bond donors (Lipinski definition) is 0. The lowest BCUT2D eigenvalue weighted by Crippen LogP contribution is -2.52. The fourth-order valence-electron chi connectivity index (χ4n) is 2.51. The summed E-state index contributed by atoms with van der Waals surface area (Å²) in [6, 6.07) is 5.77. The first-order valence-corrected chi connectivity index (χ1v) is 8.51. The van der Waals surface area contributed by atoms with Crippen molar-refractivity contribution in [1.82, 2.24) is 14.7 Å². The van der Waals surface area contributed by atoms with Gasteiger partial charge in [-0.3, -0.25) is 14.5 Å². The van der Waals surface area contributed by atoms with E-state index in [9.17, 15) is 14.0 Å². The van der Waals surface area contributed by atoms with E-state index in [1.165, 1.54) is 24.3 Å². The standard InChI is InChI=1S/C18H26FN3O3/c1-14(2)20(3)17(23)12-21-8-10-22(11-9-21)18(24)13-25-16-6-4-15(19)5-7-16/h4-7,14H,8-13H2,1-3H3. The number of ether oxygens (including phenoxy) is 1. The van der Waals surface area contributed by atoms with Gasteiger partial charge in [0.25, 0.3) is 5.91 Å². The first-order valence-electron chi connectivity index (χ1n) is 8.51. The highest BCUT2D eigenvalue weighted by Crippen LogP contribution is 2.11. The van der Waals surface area contributed by atoms with Crippen molar-refractivity contribution in [1.29, 1.82) is 0 Å². The minimum Gasteiger partial charge on any atom is -0.484 e. The largest absolute Gasteiger partial charge is 0.484 e. The van der Waals surface area contributed by atoms with Crippen LogP contribution in [0.15, 0.2) is 24.3 Å². The highest BCUT2D eigenvalue weighted by Gasteiger charge is 2.24. The molecular formula is C18H26FN3O3. The molecule has 0 N–H and O–H groups in total. The third-order valence-electron chi connectivity index (χ3n) is 4.43. The maximum Gasteiger partial charge on any atom is 0.260 e. The Labute approximate surface area is 148 Å². The van der Waals surface area contributed by atoms with Crippen LogP contribution >= 0.6 is 0 Å². The number of carbonyl (C=O) groups is 2. The maximum atomic E-state index is 12.8. The average Bonchev–Trinajstić information content (AvgIpc) is 2.60. The van der Waals surface area contributed by atoms with Crippen LogP contribution in [0.25, 0.3) is 0 Å². The van der Waals surface area contributed by atoms with Gasteiger partial charge in [-0.1, -0.05) is 0 Å². The van der Waals surface area contributed by atoms with Crippen LogP contribution in [0.2, 0.25) is 0 Å². The van der Waals surface area contributed by atoms with E-state index >= 15 is 0 Å². The molecule has 1 aliphatic heterocycles. The molecule has 138 valence electrons. The Hall–Kier alpha value is -2.15. The second-order valence-corrected chi connectivity index (χ2v) is 6.50. The SMILES string of the molecule is CC(C)N(C)C(=O)CN1CCN(C(=O)COc2ccc(F)cc2)CC1. The van der Waals surface area contributed by atoms with E-state index in [4.69, 9.17) is 4.74 Å². The van der Waals surface area contributed by atoms with E-state index in [2.05, 4.69) is 4.90 Å². The Balaban J connectivity index is 1.73.